The van der Waals surface area contributed by atoms with Gasteiger partial charge in [0.05, 0.1) is 11.4 Å². The number of benzene rings is 1. The van der Waals surface area contributed by atoms with Gasteiger partial charge in [0.15, 0.2) is 0 Å². The lowest BCUT2D eigenvalue weighted by Crippen LogP contribution is -1.86. The minimum Gasteiger partial charge on any atom is -0.298 e. The molecule has 0 aliphatic heterocycles. The lowest BCUT2D eigenvalue weighted by molar-refractivity contribution is 0.112. The average molecular weight is 286 g/mol. The van der Waals surface area contributed by atoms with Crippen LogP contribution in [0, 0.1) is 0 Å². The van der Waals surface area contributed by atoms with Gasteiger partial charge in [0.1, 0.15) is 6.29 Å². The number of hydrogen-bond acceptors (Lipinski definition) is 3. The Balaban J connectivity index is 1.83. The monoisotopic (exact) mass is 286 g/mol. The van der Waals surface area contributed by atoms with Crippen LogP contribution in [0.1, 0.15) is 21.5 Å². The third kappa shape index (κ3) is 3.33. The molecule has 0 atom stereocenters. The maximum Gasteiger partial charge on any atom is 0.150 e. The van der Waals surface area contributed by atoms with Gasteiger partial charge >= 0.3 is 0 Å². The molecule has 0 aliphatic carbocycles. The summed E-state index contributed by atoms with van der Waals surface area (Å²) in [5.41, 5.74) is 4.47. The highest BCUT2D eigenvalue weighted by Gasteiger charge is 1.99. The van der Waals surface area contributed by atoms with Crippen molar-refractivity contribution in [2.75, 3.05) is 0 Å². The van der Waals surface area contributed by atoms with Gasteiger partial charge in [-0.15, -0.1) is 0 Å². The van der Waals surface area contributed by atoms with E-state index in [1.807, 2.05) is 54.6 Å². The molecule has 106 valence electrons. The van der Waals surface area contributed by atoms with Gasteiger partial charge in [0.25, 0.3) is 0 Å². The van der Waals surface area contributed by atoms with Gasteiger partial charge in [-0.2, -0.15) is 0 Å². The summed E-state index contributed by atoms with van der Waals surface area (Å²) in [4.78, 5) is 19.3. The maximum atomic E-state index is 10.6. The highest BCUT2D eigenvalue weighted by Crippen LogP contribution is 2.16. The van der Waals surface area contributed by atoms with Crippen LogP contribution in [-0.2, 0) is 0 Å². The van der Waals surface area contributed by atoms with Gasteiger partial charge in [-0.25, -0.2) is 0 Å². The van der Waals surface area contributed by atoms with Crippen molar-refractivity contribution in [1.82, 2.24) is 9.97 Å². The highest BCUT2D eigenvalue weighted by molar-refractivity contribution is 5.77. The summed E-state index contributed by atoms with van der Waals surface area (Å²) in [7, 11) is 0. The van der Waals surface area contributed by atoms with Crippen molar-refractivity contribution >= 4 is 18.4 Å². The zero-order valence-corrected chi connectivity index (χ0v) is 11.9. The molecule has 3 nitrogen and oxygen atoms in total. The number of nitrogens with zero attached hydrogens (tertiary/aromatic N) is 2. The summed E-state index contributed by atoms with van der Waals surface area (Å²) in [5, 5.41) is 0. The van der Waals surface area contributed by atoms with Gasteiger partial charge in [-0.05, 0) is 35.4 Å². The van der Waals surface area contributed by atoms with E-state index in [1.165, 1.54) is 0 Å². The second-order valence-corrected chi connectivity index (χ2v) is 4.81. The van der Waals surface area contributed by atoms with Gasteiger partial charge in [0, 0.05) is 18.0 Å². The van der Waals surface area contributed by atoms with E-state index in [9.17, 15) is 4.79 Å². The molecule has 2 aromatic heterocycles. The number of carbonyl (C=O) groups is 1. The maximum absolute atomic E-state index is 10.6. The standard InChI is InChI=1S/C19H14N2O/c22-14-17-8-5-15(6-9-17)4-7-16-10-12-21-19(13-16)18-3-1-2-11-20-18/h1-14H/b7-4+. The molecule has 0 aliphatic rings. The predicted octanol–water partition coefficient (Wildman–Crippen LogP) is 4.13. The molecule has 3 aromatic rings. The number of aromatic nitrogens is 2. The van der Waals surface area contributed by atoms with Crippen LogP contribution >= 0.6 is 0 Å². The summed E-state index contributed by atoms with van der Waals surface area (Å²) < 4.78 is 0. The zero-order chi connectivity index (χ0) is 15.2. The molecule has 0 bridgehead atoms. The largest absolute Gasteiger partial charge is 0.298 e. The Morgan fingerprint density at radius 2 is 1.41 bits per heavy atom. The van der Waals surface area contributed by atoms with Crippen LogP contribution in [0.5, 0.6) is 0 Å². The van der Waals surface area contributed by atoms with Gasteiger partial charge in [-0.3, -0.25) is 14.8 Å². The van der Waals surface area contributed by atoms with Crippen molar-refractivity contribution in [3.8, 4) is 11.4 Å². The predicted molar refractivity (Wildman–Crippen MR) is 88.2 cm³/mol. The summed E-state index contributed by atoms with van der Waals surface area (Å²) in [6.07, 6.45) is 8.40. The van der Waals surface area contributed by atoms with Crippen LogP contribution in [0.25, 0.3) is 23.5 Å². The fourth-order valence-electron chi connectivity index (χ4n) is 2.08. The zero-order valence-electron chi connectivity index (χ0n) is 11.9. The first-order valence-electron chi connectivity index (χ1n) is 6.96. The average Bonchev–Trinajstić information content (AvgIpc) is 2.61. The summed E-state index contributed by atoms with van der Waals surface area (Å²) in [6, 6.07) is 17.2. The third-order valence-electron chi connectivity index (χ3n) is 3.25. The first-order valence-corrected chi connectivity index (χ1v) is 6.96. The van der Waals surface area contributed by atoms with Crippen molar-refractivity contribution in [2.24, 2.45) is 0 Å². The van der Waals surface area contributed by atoms with Crippen molar-refractivity contribution < 1.29 is 4.79 Å². The molecule has 0 fully saturated rings. The Hall–Kier alpha value is -3.07. The molecule has 0 spiro atoms. The Bertz CT molecular complexity index is 793. The molecule has 0 unspecified atom stereocenters. The van der Waals surface area contributed by atoms with Crippen LogP contribution in [0.3, 0.4) is 0 Å². The molecule has 0 radical (unpaired) electrons. The van der Waals surface area contributed by atoms with Crippen molar-refractivity contribution in [3.63, 3.8) is 0 Å². The lowest BCUT2D eigenvalue weighted by atomic mass is 10.1. The second-order valence-electron chi connectivity index (χ2n) is 4.81. The Morgan fingerprint density at radius 1 is 0.682 bits per heavy atom. The van der Waals surface area contributed by atoms with E-state index in [0.29, 0.717) is 5.56 Å². The van der Waals surface area contributed by atoms with Crippen molar-refractivity contribution in [2.45, 2.75) is 0 Å². The molecular weight excluding hydrogens is 272 g/mol. The second kappa shape index (κ2) is 6.59. The van der Waals surface area contributed by atoms with Gasteiger partial charge in [0.2, 0.25) is 0 Å². The molecule has 0 amide bonds. The molecule has 0 N–H and O–H groups in total. The normalized spacial score (nSPS) is 10.7. The van der Waals surface area contributed by atoms with Crippen LogP contribution in [0.4, 0.5) is 0 Å². The molecule has 0 saturated carbocycles. The first kappa shape index (κ1) is 13.9. The fourth-order valence-corrected chi connectivity index (χ4v) is 2.08. The molecule has 1 aromatic carbocycles. The third-order valence-corrected chi connectivity index (χ3v) is 3.25. The minimum absolute atomic E-state index is 0.679. The Labute approximate surface area is 129 Å². The Morgan fingerprint density at radius 3 is 2.14 bits per heavy atom. The van der Waals surface area contributed by atoms with Crippen LogP contribution < -0.4 is 0 Å². The number of rotatable bonds is 4. The molecule has 22 heavy (non-hydrogen) atoms. The summed E-state index contributed by atoms with van der Waals surface area (Å²) >= 11 is 0. The van der Waals surface area contributed by atoms with Crippen LogP contribution in [0.2, 0.25) is 0 Å². The first-order chi connectivity index (χ1) is 10.8. The number of carbonyl (C=O) groups excluding carboxylic acids is 1. The Kier molecular flexibility index (Phi) is 4.16. The van der Waals surface area contributed by atoms with E-state index in [1.54, 1.807) is 24.5 Å². The minimum atomic E-state index is 0.679. The smallest absolute Gasteiger partial charge is 0.150 e. The summed E-state index contributed by atoms with van der Waals surface area (Å²) in [6.45, 7) is 0. The van der Waals surface area contributed by atoms with Gasteiger partial charge in [-0.1, -0.05) is 42.5 Å². The van der Waals surface area contributed by atoms with E-state index in [4.69, 9.17) is 0 Å². The highest BCUT2D eigenvalue weighted by atomic mass is 16.1. The van der Waals surface area contributed by atoms with Crippen molar-refractivity contribution in [3.05, 3.63) is 83.7 Å². The lowest BCUT2D eigenvalue weighted by Gasteiger charge is -2.01. The molecule has 0 saturated heterocycles. The fraction of sp³-hybridized carbons (Fsp3) is 0. The van der Waals surface area contributed by atoms with Gasteiger partial charge < -0.3 is 0 Å². The molecule has 3 rings (SSSR count). The van der Waals surface area contributed by atoms with E-state index in [0.717, 1.165) is 28.8 Å². The van der Waals surface area contributed by atoms with Crippen LogP contribution in [-0.4, -0.2) is 16.3 Å². The quantitative estimate of drug-likeness (QED) is 0.677. The van der Waals surface area contributed by atoms with E-state index in [2.05, 4.69) is 9.97 Å². The number of pyridine rings is 2. The molecule has 3 heteroatoms. The van der Waals surface area contributed by atoms with E-state index in [-0.39, 0.29) is 0 Å². The SMILES string of the molecule is O=Cc1ccc(/C=C/c2ccnc(-c3ccccn3)c2)cc1. The number of aldehydes is 1. The van der Waals surface area contributed by atoms with E-state index < -0.39 is 0 Å². The molecular formula is C19H14N2O. The summed E-state index contributed by atoms with van der Waals surface area (Å²) in [5.74, 6) is 0. The van der Waals surface area contributed by atoms with Crippen molar-refractivity contribution in [1.29, 1.82) is 0 Å². The molecule has 2 heterocycles. The van der Waals surface area contributed by atoms with E-state index >= 15 is 0 Å². The number of hydrogen-bond donors (Lipinski definition) is 0. The topological polar surface area (TPSA) is 42.9 Å². The van der Waals surface area contributed by atoms with Crippen LogP contribution in [0.15, 0.2) is 67.0 Å².